The van der Waals surface area contributed by atoms with E-state index < -0.39 is 67.0 Å². The minimum Gasteiger partial charge on any atom is -0.478 e. The second-order valence-corrected chi connectivity index (χ2v) is 21.6. The molecule has 17 nitrogen and oxygen atoms in total. The maximum absolute atomic E-state index is 11.0. The number of aliphatic imine (C=N–C) groups is 1. The lowest BCUT2D eigenvalue weighted by atomic mass is 9.84. The van der Waals surface area contributed by atoms with Gasteiger partial charge in [-0.2, -0.15) is 0 Å². The van der Waals surface area contributed by atoms with Crippen LogP contribution in [-0.2, 0) is 9.59 Å². The first-order valence-electron chi connectivity index (χ1n) is 29.2. The van der Waals surface area contributed by atoms with Gasteiger partial charge in [-0.3, -0.25) is 9.79 Å². The molecule has 0 rings (SSSR count). The van der Waals surface area contributed by atoms with Gasteiger partial charge < -0.3 is 72.7 Å². The third kappa shape index (κ3) is 50.8. The number of hydrogen-bond acceptors (Lipinski definition) is 14. The maximum Gasteiger partial charge on any atom is 0.331 e. The molecule has 83 heavy (non-hydrogen) atoms. The molecule has 0 amide bonds. The number of nitrogens with two attached hydrogens (primary N) is 2. The van der Waals surface area contributed by atoms with Gasteiger partial charge in [0, 0.05) is 43.7 Å². The topological polar surface area (TPSA) is 341 Å². The Kier molecular flexibility index (Phi) is 49.0. The van der Waals surface area contributed by atoms with Crippen LogP contribution in [0, 0.1) is 23.7 Å². The van der Waals surface area contributed by atoms with Gasteiger partial charge >= 0.3 is 5.97 Å². The largest absolute Gasteiger partial charge is 0.478 e. The third-order valence-corrected chi connectivity index (χ3v) is 13.0. The van der Waals surface area contributed by atoms with Gasteiger partial charge in [0.1, 0.15) is 5.78 Å². The van der Waals surface area contributed by atoms with Gasteiger partial charge in [0.2, 0.25) is 0 Å². The highest BCUT2D eigenvalue weighted by atomic mass is 16.4. The summed E-state index contributed by atoms with van der Waals surface area (Å²) in [7, 11) is 0. The summed E-state index contributed by atoms with van der Waals surface area (Å²) in [5.41, 5.74) is 10.8. The number of carbonyl (C=O) groups excluding carboxylic acids is 1. The van der Waals surface area contributed by atoms with Crippen molar-refractivity contribution in [2.45, 2.75) is 206 Å². The number of nitrogens with zero attached hydrogens (tertiary/aromatic N) is 1. The quantitative estimate of drug-likeness (QED) is 0.00700. The Morgan fingerprint density at radius 2 is 0.904 bits per heavy atom. The van der Waals surface area contributed by atoms with Crippen LogP contribution in [-0.4, -0.2) is 153 Å². The van der Waals surface area contributed by atoms with Crippen LogP contribution in [0.3, 0.4) is 0 Å². The summed E-state index contributed by atoms with van der Waals surface area (Å²) in [5, 5.41) is 119. The molecule has 0 aromatic heterocycles. The minimum absolute atomic E-state index is 0.00129. The Morgan fingerprint density at radius 1 is 0.458 bits per heavy atom. The number of aliphatic carboxylic acids is 1. The zero-order valence-electron chi connectivity index (χ0n) is 50.5. The Bertz CT molecular complexity index is 2130. The molecule has 0 spiro atoms. The van der Waals surface area contributed by atoms with Crippen LogP contribution in [0.1, 0.15) is 138 Å². The van der Waals surface area contributed by atoms with E-state index in [-0.39, 0.29) is 99.3 Å². The van der Waals surface area contributed by atoms with E-state index in [2.05, 4.69) is 37.1 Å². The molecule has 16 N–H and O–H groups in total. The zero-order valence-corrected chi connectivity index (χ0v) is 50.5. The normalized spacial score (nSPS) is 18.4. The van der Waals surface area contributed by atoms with Gasteiger partial charge in [-0.25, -0.2) is 4.79 Å². The number of Topliss-reactive ketones (excluding diaryl/α,β-unsaturated/α-hetero) is 1. The number of hydrogen-bond donors (Lipinski definition) is 14. The lowest BCUT2D eigenvalue weighted by Crippen LogP contribution is -2.28. The Morgan fingerprint density at radius 3 is 1.41 bits per heavy atom. The van der Waals surface area contributed by atoms with Crippen molar-refractivity contribution < 1.29 is 70.9 Å². The van der Waals surface area contributed by atoms with Crippen LogP contribution < -0.4 is 11.5 Å². The second kappa shape index (κ2) is 51.0. The molecule has 14 unspecified atom stereocenters. The van der Waals surface area contributed by atoms with E-state index in [9.17, 15) is 65.8 Å². The first-order valence-corrected chi connectivity index (χ1v) is 29.2. The monoisotopic (exact) mass is 1170 g/mol. The molecule has 0 aliphatic rings. The van der Waals surface area contributed by atoms with Gasteiger partial charge in [0.25, 0.3) is 0 Å². The SMILES string of the molecule is CC(=O)CC(O)CC(O)/C=C/CC(O)CC(O)CC(O)/C=C/CC(O)CC(O)/C=C/CC(O)CC(O)CCCN=C(N)N.C\C(=C/C=C/C=C/CC/C=C/C(C)C(O)C(C)C(C)/C=C/C=C/C=C/C=C/C=C/C=C/CC(O)C(C)C)C(=O)O. The summed E-state index contributed by atoms with van der Waals surface area (Å²) in [4.78, 5) is 25.5. The molecule has 0 aromatic rings. The van der Waals surface area contributed by atoms with Crippen molar-refractivity contribution >= 4 is 17.7 Å². The van der Waals surface area contributed by atoms with Crippen molar-refractivity contribution in [1.29, 1.82) is 0 Å². The van der Waals surface area contributed by atoms with Crippen molar-refractivity contribution in [2.24, 2.45) is 40.1 Å². The molecule has 14 atom stereocenters. The van der Waals surface area contributed by atoms with Crippen LogP contribution in [0.25, 0.3) is 0 Å². The maximum atomic E-state index is 11.0. The van der Waals surface area contributed by atoms with Crippen molar-refractivity contribution in [2.75, 3.05) is 6.54 Å². The van der Waals surface area contributed by atoms with Gasteiger partial charge in [-0.15, -0.1) is 0 Å². The summed E-state index contributed by atoms with van der Waals surface area (Å²) in [6, 6.07) is 0. The van der Waals surface area contributed by atoms with E-state index in [1.54, 1.807) is 25.2 Å². The van der Waals surface area contributed by atoms with E-state index in [1.807, 2.05) is 106 Å². The molecule has 0 bridgehead atoms. The van der Waals surface area contributed by atoms with E-state index in [0.29, 0.717) is 31.4 Å². The third-order valence-electron chi connectivity index (χ3n) is 13.0. The Hall–Kier alpha value is -5.41. The predicted molar refractivity (Wildman–Crippen MR) is 335 cm³/mol. The number of guanidine groups is 1. The number of ketones is 1. The number of carbonyl (C=O) groups is 2. The van der Waals surface area contributed by atoms with Crippen LogP contribution in [0.2, 0.25) is 0 Å². The molecule has 0 saturated heterocycles. The highest BCUT2D eigenvalue weighted by Gasteiger charge is 2.23. The number of allylic oxidation sites excluding steroid dienone is 17. The smallest absolute Gasteiger partial charge is 0.331 e. The summed E-state index contributed by atoms with van der Waals surface area (Å²) in [5.74, 6) is -0.380. The summed E-state index contributed by atoms with van der Waals surface area (Å²) < 4.78 is 0. The zero-order chi connectivity index (χ0) is 63.0. The van der Waals surface area contributed by atoms with Crippen molar-refractivity contribution in [3.63, 3.8) is 0 Å². The predicted octanol–water partition coefficient (Wildman–Crippen LogP) is 7.54. The van der Waals surface area contributed by atoms with Crippen molar-refractivity contribution in [3.05, 3.63) is 157 Å². The highest BCUT2D eigenvalue weighted by Crippen LogP contribution is 2.23. The minimum atomic E-state index is -1.01. The van der Waals surface area contributed by atoms with E-state index in [4.69, 9.17) is 16.6 Å². The molecular weight excluding hydrogens is 1060 g/mol. The number of unbranched alkanes of at least 4 members (excludes halogenated alkanes) is 1. The highest BCUT2D eigenvalue weighted by molar-refractivity contribution is 5.86. The lowest BCUT2D eigenvalue weighted by Gasteiger charge is -2.26. The van der Waals surface area contributed by atoms with Crippen LogP contribution in [0.4, 0.5) is 0 Å². The summed E-state index contributed by atoms with van der Waals surface area (Å²) in [6.45, 7) is 13.6. The van der Waals surface area contributed by atoms with Gasteiger partial charge in [0.05, 0.1) is 67.1 Å². The average molecular weight is 1170 g/mol. The first-order chi connectivity index (χ1) is 39.2. The van der Waals surface area contributed by atoms with Crippen molar-refractivity contribution in [1.82, 2.24) is 0 Å². The number of carboxylic acids is 1. The van der Waals surface area contributed by atoms with Crippen LogP contribution in [0.15, 0.2) is 162 Å². The van der Waals surface area contributed by atoms with Gasteiger partial charge in [-0.1, -0.05) is 187 Å². The lowest BCUT2D eigenvalue weighted by molar-refractivity contribution is -0.132. The number of carboxylic acid groups (broad SMARTS) is 1. The van der Waals surface area contributed by atoms with Crippen LogP contribution in [0.5, 0.6) is 0 Å². The molecule has 470 valence electrons. The van der Waals surface area contributed by atoms with E-state index >= 15 is 0 Å². The molecule has 0 heterocycles. The fourth-order valence-corrected chi connectivity index (χ4v) is 7.75. The fraction of sp³-hybridized carbons (Fsp3) is 0.561. The standard InChI is InChI=1S/C36H52O4.C30H55N3O10/c1-29(2)34(37)28-24-20-16-11-9-7-8-10-13-17-21-25-30(3)33(6)35(38)31(4)26-22-18-14-12-15-19-23-27-32(5)36(39)40;1-20(34)14-28(42)17-24(38)9-4-11-26(40)19-29(43)18-25(39)10-3-8-22(36)15-21(35)6-2-7-23(37)16-27(41)12-5-13-33-30(31)32/h7-13,15-17,19-27,29-31,33-35,37-38H,14,18,28H2,1-6H3,(H,39,40);2-4,6,9-10,21-29,35-43H,5,7-8,11-19H2,1H3,(H4,31,32,33)/b9-7+,10-8+,15-12+,16-11+,17-13+,23-19+,24-20+,25-21+,26-22+,32-27+;6-2+,9-4+,10-3+. The average Bonchev–Trinajstić information content (AvgIpc) is 3.39. The molecule has 0 aliphatic heterocycles. The summed E-state index contributed by atoms with van der Waals surface area (Å²) in [6.07, 6.45) is 41.3. The van der Waals surface area contributed by atoms with Crippen LogP contribution >= 0.6 is 0 Å². The molecule has 17 heteroatoms. The van der Waals surface area contributed by atoms with E-state index in [1.165, 1.54) is 37.3 Å². The first kappa shape index (κ1) is 79.7. The van der Waals surface area contributed by atoms with Crippen molar-refractivity contribution in [3.8, 4) is 0 Å². The molecular formula is C66H107N3O14. The Labute approximate surface area is 496 Å². The molecule has 0 fully saturated rings. The van der Waals surface area contributed by atoms with Gasteiger partial charge in [-0.05, 0) is 95.8 Å². The van der Waals surface area contributed by atoms with E-state index in [0.717, 1.165) is 12.8 Å². The fourth-order valence-electron chi connectivity index (χ4n) is 7.75. The molecule has 0 aromatic carbocycles. The molecule has 0 aliphatic carbocycles. The summed E-state index contributed by atoms with van der Waals surface area (Å²) >= 11 is 0. The van der Waals surface area contributed by atoms with Gasteiger partial charge in [0.15, 0.2) is 5.96 Å². The second-order valence-electron chi connectivity index (χ2n) is 21.6. The molecule has 0 radical (unpaired) electrons. The molecule has 0 saturated carbocycles. The Balaban J connectivity index is 0. The number of aliphatic hydroxyl groups excluding tert-OH is 11. The number of aliphatic hydroxyl groups is 11. The number of rotatable bonds is 44.